The average molecular weight is 1160 g/mol. The third-order valence-electron chi connectivity index (χ3n) is 12.9. The maximum atomic E-state index is 14.9. The summed E-state index contributed by atoms with van der Waals surface area (Å²) in [6, 6.07) is 20.8. The molecular weight excluding hydrogens is 1090 g/mol. The van der Waals surface area contributed by atoms with Gasteiger partial charge in [-0.25, -0.2) is 36.0 Å². The Bertz CT molecular complexity index is 3610. The third kappa shape index (κ3) is 14.4. The molecule has 0 saturated carbocycles. The summed E-state index contributed by atoms with van der Waals surface area (Å²) < 4.78 is 74.1. The predicted molar refractivity (Wildman–Crippen MR) is 311 cm³/mol. The Morgan fingerprint density at radius 2 is 0.750 bits per heavy atom. The Balaban J connectivity index is 0.000000234. The molecule has 84 heavy (non-hydrogen) atoms. The molecule has 8 aromatic rings. The van der Waals surface area contributed by atoms with Gasteiger partial charge in [0, 0.05) is 30.8 Å². The second-order valence-electron chi connectivity index (χ2n) is 20.1. The van der Waals surface area contributed by atoms with E-state index in [1.54, 1.807) is 32.0 Å². The van der Waals surface area contributed by atoms with Crippen molar-refractivity contribution in [3.05, 3.63) is 193 Å². The van der Waals surface area contributed by atoms with Crippen molar-refractivity contribution in [1.29, 1.82) is 0 Å². The van der Waals surface area contributed by atoms with Crippen molar-refractivity contribution in [2.45, 2.75) is 100 Å². The fourth-order valence-corrected chi connectivity index (χ4v) is 8.60. The zero-order valence-corrected chi connectivity index (χ0v) is 46.7. The van der Waals surface area contributed by atoms with Gasteiger partial charge in [0.1, 0.15) is 46.1 Å². The van der Waals surface area contributed by atoms with Crippen LogP contribution in [-0.2, 0) is 19.6 Å². The van der Waals surface area contributed by atoms with E-state index in [-0.39, 0.29) is 107 Å². The normalized spacial score (nSPS) is 10.9. The minimum absolute atomic E-state index is 0. The van der Waals surface area contributed by atoms with E-state index in [4.69, 9.17) is 40.1 Å². The average Bonchev–Trinajstić information content (AvgIpc) is 4.25. The quantitative estimate of drug-likeness (QED) is 0.0413. The Hall–Kier alpha value is -9.91. The second-order valence-corrected chi connectivity index (χ2v) is 20.1. The summed E-state index contributed by atoms with van der Waals surface area (Å²) in [5.41, 5.74) is 44.5. The molecule has 3 aromatic heterocycles. The van der Waals surface area contributed by atoms with Gasteiger partial charge >= 0.3 is 0 Å². The Morgan fingerprint density at radius 1 is 0.464 bits per heavy atom. The number of nitrogen functional groups attached to an aromatic ring is 3. The van der Waals surface area contributed by atoms with Crippen molar-refractivity contribution in [1.82, 2.24) is 40.0 Å². The number of aryl methyl sites for hydroxylation is 2. The lowest BCUT2D eigenvalue weighted by Gasteiger charge is -2.11. The van der Waals surface area contributed by atoms with Gasteiger partial charge in [0.15, 0.2) is 17.1 Å². The first-order valence-electron chi connectivity index (χ1n) is 25.8. The van der Waals surface area contributed by atoms with Gasteiger partial charge in [-0.1, -0.05) is 79.3 Å². The highest BCUT2D eigenvalue weighted by atomic mass is 19.1. The van der Waals surface area contributed by atoms with Crippen LogP contribution in [0.1, 0.15) is 164 Å². The van der Waals surface area contributed by atoms with Gasteiger partial charge in [-0.3, -0.25) is 24.0 Å². The summed E-state index contributed by atoms with van der Waals surface area (Å²) >= 11 is 0. The zero-order chi connectivity index (χ0) is 61.5. The van der Waals surface area contributed by atoms with Crippen molar-refractivity contribution in [3.8, 4) is 17.1 Å². The molecule has 0 aliphatic heterocycles. The van der Waals surface area contributed by atoms with Gasteiger partial charge in [0.2, 0.25) is 0 Å². The fraction of sp³-hybridized carbons (Fsp3) is 0.254. The number of halogens is 5. The van der Waals surface area contributed by atoms with E-state index < -0.39 is 58.6 Å². The summed E-state index contributed by atoms with van der Waals surface area (Å²) in [7, 11) is 0. The van der Waals surface area contributed by atoms with Crippen molar-refractivity contribution in [2.24, 2.45) is 22.9 Å². The molecule has 0 aliphatic rings. The van der Waals surface area contributed by atoms with E-state index >= 15 is 0 Å². The smallest absolute Gasteiger partial charge is 0.269 e. The molecule has 0 fully saturated rings. The number of carbonyl (C=O) groups excluding carboxylic acids is 5. The predicted octanol–water partition coefficient (Wildman–Crippen LogP) is 8.30. The molecule has 0 bridgehead atoms. The second kappa shape index (κ2) is 27.2. The first-order valence-corrected chi connectivity index (χ1v) is 25.8. The minimum Gasteiger partial charge on any atom is -0.395 e. The van der Waals surface area contributed by atoms with Crippen LogP contribution in [0.4, 0.5) is 39.0 Å². The van der Waals surface area contributed by atoms with Crippen molar-refractivity contribution in [2.75, 3.05) is 17.2 Å². The van der Waals surface area contributed by atoms with Gasteiger partial charge < -0.3 is 50.8 Å². The summed E-state index contributed by atoms with van der Waals surface area (Å²) in [5, 5.41) is 18.1. The summed E-state index contributed by atoms with van der Waals surface area (Å²) in [5.74, 6) is -6.47. The molecule has 5 amide bonds. The summed E-state index contributed by atoms with van der Waals surface area (Å²) in [6.07, 6.45) is 0. The van der Waals surface area contributed by atoms with Crippen LogP contribution in [0.3, 0.4) is 0 Å². The zero-order valence-electron chi connectivity index (χ0n) is 46.7. The fourth-order valence-electron chi connectivity index (χ4n) is 8.60. The van der Waals surface area contributed by atoms with E-state index in [9.17, 15) is 45.9 Å². The molecule has 3 heterocycles. The molecule has 0 atom stereocenters. The Kier molecular flexibility index (Phi) is 21.0. The van der Waals surface area contributed by atoms with Crippen LogP contribution in [0.25, 0.3) is 17.1 Å². The van der Waals surface area contributed by atoms with E-state index in [2.05, 4.69) is 25.9 Å². The molecule has 5 aromatic carbocycles. The van der Waals surface area contributed by atoms with E-state index in [1.807, 2.05) is 41.5 Å². The Labute approximate surface area is 481 Å². The highest BCUT2D eigenvalue weighted by Gasteiger charge is 2.27. The maximum Gasteiger partial charge on any atom is 0.269 e. The number of hydrogen-bond acceptors (Lipinski definition) is 12. The molecule has 20 nitrogen and oxygen atoms in total. The number of primary amides is 3. The van der Waals surface area contributed by atoms with Gasteiger partial charge in [-0.05, 0) is 120 Å². The minimum atomic E-state index is -0.821. The molecule has 8 rings (SSSR count). The van der Waals surface area contributed by atoms with Crippen LogP contribution in [0.2, 0.25) is 0 Å². The van der Waals surface area contributed by atoms with Gasteiger partial charge in [-0.15, -0.1) is 0 Å². The highest BCUT2D eigenvalue weighted by molar-refractivity contribution is 5.99. The van der Waals surface area contributed by atoms with Crippen molar-refractivity contribution >= 4 is 46.6 Å². The number of hydrogen-bond donors (Lipinski definition) is 9. The van der Waals surface area contributed by atoms with Crippen LogP contribution in [0.5, 0.6) is 0 Å². The first kappa shape index (κ1) is 64.9. The Morgan fingerprint density at radius 3 is 1.01 bits per heavy atom. The maximum absolute atomic E-state index is 14.9. The number of amides is 5. The molecule has 0 aliphatic carbocycles. The van der Waals surface area contributed by atoms with E-state index in [1.165, 1.54) is 60.7 Å². The molecule has 25 heteroatoms. The SMILES string of the molecule is C.CC(C)c1nn(-c2ccc(CN)cc2F)c(C(N)=O)c1N.Cc1ccc(F)cc1C(=O)NCc1ccc(-n2nc(C(C)C)c(N)c2C(N)=O)c(F)c1.Cc1ccc(F)cc1C(=O)NCc1ccc(-n2nc(C(C)C)c(N)c2C(N)=O)c(F)c1. The van der Waals surface area contributed by atoms with Gasteiger partial charge in [-0.2, -0.15) is 15.3 Å². The lowest BCUT2D eigenvalue weighted by atomic mass is 10.1. The summed E-state index contributed by atoms with van der Waals surface area (Å²) in [6.45, 7) is 14.8. The molecule has 0 spiro atoms. The third-order valence-corrected chi connectivity index (χ3v) is 12.9. The van der Waals surface area contributed by atoms with Gasteiger partial charge in [0.25, 0.3) is 29.5 Å². The summed E-state index contributed by atoms with van der Waals surface area (Å²) in [4.78, 5) is 60.1. The lowest BCUT2D eigenvalue weighted by Crippen LogP contribution is -2.24. The number of rotatable bonds is 16. The standard InChI is InChI=1S/2C22H23F2N5O2.C14H18FN5O.CH4/c2*1-11(2)19-18(25)20(21(26)30)29(28-19)17-7-5-13(8-16(17)24)10-27-22(31)15-9-14(23)6-4-12(15)3;1-7(2)12-11(17)13(14(18)21)20(19-12)10-4-3-8(6-16)5-9(10)15;/h2*4-9,11H,10,25H2,1-3H3,(H2,26,30)(H,27,31);3-5,7H,6,16-17H2,1-2H3,(H2,18,21);1H4. The molecular formula is C59H68F5N15O5. The number of anilines is 3. The molecule has 0 unspecified atom stereocenters. The number of aromatic nitrogens is 6. The van der Waals surface area contributed by atoms with Crippen LogP contribution in [-0.4, -0.2) is 58.9 Å². The van der Waals surface area contributed by atoms with Crippen molar-refractivity contribution in [3.63, 3.8) is 0 Å². The highest BCUT2D eigenvalue weighted by Crippen LogP contribution is 2.31. The largest absolute Gasteiger partial charge is 0.395 e. The van der Waals surface area contributed by atoms with Gasteiger partial charge in [0.05, 0.1) is 34.1 Å². The molecule has 444 valence electrons. The van der Waals surface area contributed by atoms with Crippen LogP contribution >= 0.6 is 0 Å². The first-order chi connectivity index (χ1) is 39.1. The number of nitrogens with two attached hydrogens (primary N) is 7. The number of nitrogens with one attached hydrogen (secondary N) is 2. The van der Waals surface area contributed by atoms with E-state index in [0.717, 1.165) is 26.2 Å². The van der Waals surface area contributed by atoms with Crippen molar-refractivity contribution < 1.29 is 45.9 Å². The number of nitrogens with zero attached hydrogens (tertiary/aromatic N) is 6. The van der Waals surface area contributed by atoms with Crippen LogP contribution in [0.15, 0.2) is 91.0 Å². The van der Waals surface area contributed by atoms with Crippen LogP contribution < -0.4 is 50.8 Å². The topological polar surface area (TPSA) is 345 Å². The van der Waals surface area contributed by atoms with E-state index in [0.29, 0.717) is 44.9 Å². The number of carbonyl (C=O) groups is 5. The monoisotopic (exact) mass is 1160 g/mol. The molecule has 0 saturated heterocycles. The lowest BCUT2D eigenvalue weighted by molar-refractivity contribution is 0.0941. The number of benzene rings is 5. The molecule has 16 N–H and O–H groups in total. The van der Waals surface area contributed by atoms with Crippen LogP contribution in [0, 0.1) is 42.9 Å². The molecule has 0 radical (unpaired) electrons.